The van der Waals surface area contributed by atoms with Crippen molar-refractivity contribution in [2.75, 3.05) is 41.4 Å². The molecule has 15 heteroatoms. The van der Waals surface area contributed by atoms with Crippen molar-refractivity contribution in [3.63, 3.8) is 0 Å². The summed E-state index contributed by atoms with van der Waals surface area (Å²) in [5.74, 6) is 2.84. The van der Waals surface area contributed by atoms with Gasteiger partial charge in [0.15, 0.2) is 0 Å². The summed E-state index contributed by atoms with van der Waals surface area (Å²) in [6.45, 7) is 4.62. The number of hydrogen-bond donors (Lipinski definition) is 3. The Labute approximate surface area is 438 Å². The third-order valence-electron chi connectivity index (χ3n) is 15.2. The predicted octanol–water partition coefficient (Wildman–Crippen LogP) is 8.80. The van der Waals surface area contributed by atoms with E-state index in [-0.39, 0.29) is 18.0 Å². The Hall–Kier alpha value is -9.10. The zero-order valence-electron chi connectivity index (χ0n) is 41.4. The number of carbonyl (C=O) groups is 4. The first-order valence-electron chi connectivity index (χ1n) is 25.4. The van der Waals surface area contributed by atoms with Gasteiger partial charge in [-0.3, -0.25) is 19.3 Å². The highest BCUT2D eigenvalue weighted by Gasteiger charge is 2.75. The summed E-state index contributed by atoms with van der Waals surface area (Å²) >= 11 is 0. The summed E-state index contributed by atoms with van der Waals surface area (Å²) in [4.78, 5) is 69.1. The molecule has 3 N–H and O–H groups in total. The lowest BCUT2D eigenvalue weighted by molar-refractivity contribution is -0.177. The lowest BCUT2D eigenvalue weighted by Crippen LogP contribution is -2.55. The molecule has 378 valence electrons. The molecule has 1 aromatic heterocycles. The Morgan fingerprint density at radius 1 is 0.763 bits per heavy atom. The van der Waals surface area contributed by atoms with Crippen molar-refractivity contribution in [3.8, 4) is 17.6 Å². The van der Waals surface area contributed by atoms with Crippen LogP contribution < -0.4 is 20.4 Å². The summed E-state index contributed by atoms with van der Waals surface area (Å²) < 4.78 is 14.0. The summed E-state index contributed by atoms with van der Waals surface area (Å²) in [5.41, 5.74) is 4.61. The number of nitrogens with zero attached hydrogens (tertiary/aromatic N) is 6. The number of hydrogen-bond acceptors (Lipinski definition) is 11. The van der Waals surface area contributed by atoms with Gasteiger partial charge in [0, 0.05) is 30.0 Å². The number of phenols is 1. The lowest BCUT2D eigenvalue weighted by atomic mass is 9.65. The van der Waals surface area contributed by atoms with Crippen LogP contribution in [0.1, 0.15) is 64.5 Å². The molecular formula is C61H52N8O7. The molecular weight excluding hydrogens is 957 g/mol. The number of aromatic hydroxyl groups is 1. The van der Waals surface area contributed by atoms with Crippen LogP contribution in [0, 0.1) is 17.8 Å². The number of phenolic OH excluding ortho intramolecular Hbond substituents is 1. The average molecular weight is 1010 g/mol. The standard InChI is InChI=1S/C61H52N8O7/c1-39(41-15-5-2-6-16-41)62-60(74)68-50-32-23-40(14-13-33-67-51-22-12-11-21-49(51)64-65-67)38-48(50)61(59(68)73)52(57(71)63-45-26-28-46(29-27-45)66-34-36-75-37-35-66)54-58(72)76-55(43-19-9-4-10-20-43)53(42-17-7-3-8-18-42)69(54)56(61)44-24-30-47(70)31-25-44/h2-12,15-32,38-39,52-56,70H,33-37H2,1H3,(H,62,74)(H,63,71). The molecule has 0 bridgehead atoms. The number of urea groups is 1. The number of cyclic esters (lactones) is 1. The smallest absolute Gasteiger partial charge is 0.329 e. The number of anilines is 3. The maximum absolute atomic E-state index is 16.8. The Morgan fingerprint density at radius 3 is 2.16 bits per heavy atom. The van der Waals surface area contributed by atoms with Crippen molar-refractivity contribution < 1.29 is 33.8 Å². The summed E-state index contributed by atoms with van der Waals surface area (Å²) in [6.07, 6.45) is -0.925. The van der Waals surface area contributed by atoms with Gasteiger partial charge in [0.05, 0.1) is 48.5 Å². The van der Waals surface area contributed by atoms with Crippen LogP contribution in [0.5, 0.6) is 5.75 Å². The number of benzene rings is 7. The number of morpholine rings is 2. The number of ether oxygens (including phenoxy) is 2. The van der Waals surface area contributed by atoms with Crippen molar-refractivity contribution in [1.29, 1.82) is 0 Å². The number of imide groups is 1. The van der Waals surface area contributed by atoms with Gasteiger partial charge in [0.1, 0.15) is 35.4 Å². The van der Waals surface area contributed by atoms with Crippen molar-refractivity contribution in [2.24, 2.45) is 5.92 Å². The van der Waals surface area contributed by atoms with Crippen LogP contribution in [0.15, 0.2) is 182 Å². The first-order chi connectivity index (χ1) is 37.2. The molecule has 7 unspecified atom stereocenters. The van der Waals surface area contributed by atoms with Gasteiger partial charge in [-0.2, -0.15) is 0 Å². The largest absolute Gasteiger partial charge is 0.508 e. The van der Waals surface area contributed by atoms with Gasteiger partial charge >= 0.3 is 12.0 Å². The van der Waals surface area contributed by atoms with E-state index in [2.05, 4.69) is 37.7 Å². The van der Waals surface area contributed by atoms with Gasteiger partial charge < -0.3 is 30.1 Å². The molecule has 76 heavy (non-hydrogen) atoms. The Balaban J connectivity index is 1.08. The topological polar surface area (TPSA) is 171 Å². The molecule has 3 saturated heterocycles. The number of esters is 1. The van der Waals surface area contributed by atoms with Gasteiger partial charge in [0.2, 0.25) is 11.8 Å². The number of carbonyl (C=O) groups excluding carboxylic acids is 4. The average Bonchev–Trinajstić information content (AvgIpc) is 4.21. The first-order valence-corrected chi connectivity index (χ1v) is 25.4. The van der Waals surface area contributed by atoms with Crippen molar-refractivity contribution in [1.82, 2.24) is 25.2 Å². The van der Waals surface area contributed by atoms with Crippen LogP contribution in [0.25, 0.3) is 11.0 Å². The third-order valence-corrected chi connectivity index (χ3v) is 15.2. The van der Waals surface area contributed by atoms with Gasteiger partial charge in [-0.1, -0.05) is 132 Å². The Morgan fingerprint density at radius 2 is 1.43 bits per heavy atom. The van der Waals surface area contributed by atoms with Crippen molar-refractivity contribution in [2.45, 2.75) is 49.2 Å². The van der Waals surface area contributed by atoms with Crippen LogP contribution in [0.4, 0.5) is 21.9 Å². The highest BCUT2D eigenvalue weighted by molar-refractivity contribution is 6.25. The Kier molecular flexibility index (Phi) is 12.6. The van der Waals surface area contributed by atoms with E-state index >= 15 is 19.2 Å². The van der Waals surface area contributed by atoms with Gasteiger partial charge in [-0.25, -0.2) is 14.4 Å². The molecule has 15 nitrogen and oxygen atoms in total. The zero-order chi connectivity index (χ0) is 51.9. The van der Waals surface area contributed by atoms with Gasteiger partial charge in [-0.05, 0) is 101 Å². The molecule has 8 aromatic rings. The van der Waals surface area contributed by atoms with Gasteiger partial charge in [0.25, 0.3) is 0 Å². The van der Waals surface area contributed by atoms with Gasteiger partial charge in [-0.15, -0.1) is 5.10 Å². The fraction of sp³-hybridized carbons (Fsp3) is 0.213. The van der Waals surface area contributed by atoms with Crippen LogP contribution in [0.2, 0.25) is 0 Å². The van der Waals surface area contributed by atoms with E-state index in [1.165, 1.54) is 12.1 Å². The minimum absolute atomic E-state index is 0.0336. The minimum atomic E-state index is -2.06. The monoisotopic (exact) mass is 1010 g/mol. The fourth-order valence-corrected chi connectivity index (χ4v) is 11.8. The van der Waals surface area contributed by atoms with Crippen LogP contribution in [-0.2, 0) is 35.8 Å². The van der Waals surface area contributed by atoms with Crippen LogP contribution >= 0.6 is 0 Å². The SMILES string of the molecule is CC(NC(=O)N1C(=O)C2(c3cc(C#CCn4nnc5ccccc54)ccc31)C(C(=O)Nc1ccc(N3CCOCC3)cc1)C1C(=O)OC(c3ccccc3)C(c3ccccc3)N1C2c1ccc(O)cc1)c1ccccc1. The highest BCUT2D eigenvalue weighted by Crippen LogP contribution is 2.66. The molecule has 5 heterocycles. The summed E-state index contributed by atoms with van der Waals surface area (Å²) in [6, 6.07) is 50.5. The molecule has 4 amide bonds. The van der Waals surface area contributed by atoms with E-state index in [1.807, 2.05) is 139 Å². The molecule has 0 radical (unpaired) electrons. The number of aromatic nitrogens is 3. The number of amides is 4. The van der Waals surface area contributed by atoms with Crippen molar-refractivity contribution in [3.05, 3.63) is 215 Å². The molecule has 4 aliphatic rings. The second kappa shape index (κ2) is 20.0. The third kappa shape index (κ3) is 8.37. The number of fused-ring (bicyclic) bond motifs is 4. The molecule has 3 fully saturated rings. The maximum Gasteiger partial charge on any atom is 0.329 e. The minimum Gasteiger partial charge on any atom is -0.508 e. The quantitative estimate of drug-likeness (QED) is 0.0933. The predicted molar refractivity (Wildman–Crippen MR) is 286 cm³/mol. The fourth-order valence-electron chi connectivity index (χ4n) is 11.8. The second-order valence-corrected chi connectivity index (χ2v) is 19.5. The van der Waals surface area contributed by atoms with E-state index in [0.29, 0.717) is 54.2 Å². The molecule has 12 rings (SSSR count). The lowest BCUT2D eigenvalue weighted by Gasteiger charge is -2.46. The van der Waals surface area contributed by atoms with E-state index in [0.717, 1.165) is 32.7 Å². The second-order valence-electron chi connectivity index (χ2n) is 19.5. The van der Waals surface area contributed by atoms with Crippen LogP contribution in [-0.4, -0.2) is 81.2 Å². The summed E-state index contributed by atoms with van der Waals surface area (Å²) in [7, 11) is 0. The van der Waals surface area contributed by atoms with E-state index < -0.39 is 65.4 Å². The summed E-state index contributed by atoms with van der Waals surface area (Å²) in [5, 5.41) is 25.7. The number of nitrogens with one attached hydrogen (secondary N) is 2. The molecule has 0 saturated carbocycles. The molecule has 4 aliphatic heterocycles. The first kappa shape index (κ1) is 47.9. The van der Waals surface area contributed by atoms with E-state index in [1.54, 1.807) is 47.1 Å². The number of rotatable bonds is 9. The maximum atomic E-state index is 16.8. The molecule has 7 atom stereocenters. The zero-order valence-corrected chi connectivity index (χ0v) is 41.4. The molecule has 0 aliphatic carbocycles. The Bertz CT molecular complexity index is 3540. The van der Waals surface area contributed by atoms with Crippen LogP contribution in [0.3, 0.4) is 0 Å². The number of para-hydroxylation sites is 1. The van der Waals surface area contributed by atoms with E-state index in [4.69, 9.17) is 9.47 Å². The van der Waals surface area contributed by atoms with E-state index in [9.17, 15) is 5.11 Å². The normalized spacial score (nSPS) is 22.3. The highest BCUT2D eigenvalue weighted by atomic mass is 16.6. The molecule has 1 spiro atoms. The van der Waals surface area contributed by atoms with Crippen molar-refractivity contribution >= 4 is 51.9 Å². The molecule has 7 aromatic carbocycles.